The Kier molecular flexibility index (Phi) is 1.78. The Morgan fingerprint density at radius 3 is 2.21 bits per heavy atom. The molecule has 0 radical (unpaired) electrons. The molecule has 1 aliphatic rings. The predicted molar refractivity (Wildman–Crippen MR) is 43.4 cm³/mol. The van der Waals surface area contributed by atoms with Gasteiger partial charge in [-0.3, -0.25) is 14.2 Å². The van der Waals surface area contributed by atoms with Gasteiger partial charge in [0.2, 0.25) is 0 Å². The maximum absolute atomic E-state index is 11.0. The fourth-order valence-electron chi connectivity index (χ4n) is 1.18. The molecular formula is C8H8N2O4. The quantitative estimate of drug-likeness (QED) is 0.483. The minimum absolute atomic E-state index is 0.403. The highest BCUT2D eigenvalue weighted by atomic mass is 16.8. The molecule has 6 nitrogen and oxygen atoms in total. The zero-order valence-corrected chi connectivity index (χ0v) is 7.17. The Labute approximate surface area is 79.2 Å². The lowest BCUT2D eigenvalue weighted by Crippen LogP contribution is -2.53. The minimum atomic E-state index is -1.84. The van der Waals surface area contributed by atoms with Crippen molar-refractivity contribution < 1.29 is 19.1 Å². The van der Waals surface area contributed by atoms with Crippen LogP contribution in [0.5, 0.6) is 0 Å². The lowest BCUT2D eigenvalue weighted by Gasteiger charge is -2.32. The van der Waals surface area contributed by atoms with E-state index in [9.17, 15) is 9.59 Å². The third-order valence-corrected chi connectivity index (χ3v) is 1.77. The van der Waals surface area contributed by atoms with Crippen LogP contribution in [-0.4, -0.2) is 16.5 Å². The fraction of sp³-hybridized carbons (Fsp3) is 0.250. The van der Waals surface area contributed by atoms with E-state index in [-0.39, 0.29) is 0 Å². The van der Waals surface area contributed by atoms with Gasteiger partial charge in [0.1, 0.15) is 6.42 Å². The number of rotatable bonds is 1. The van der Waals surface area contributed by atoms with Gasteiger partial charge in [0.25, 0.3) is 0 Å². The Bertz CT molecular complexity index is 355. The molecule has 0 unspecified atom stereocenters. The van der Waals surface area contributed by atoms with Crippen molar-refractivity contribution in [2.45, 2.75) is 12.5 Å². The smallest absolute Gasteiger partial charge is 0.390 e. The summed E-state index contributed by atoms with van der Waals surface area (Å²) in [6.07, 6.45) is 2.66. The molecule has 74 valence electrons. The second-order valence-corrected chi connectivity index (χ2v) is 2.85. The molecule has 0 aromatic carbocycles. The number of nitrogens with two attached hydrogens (primary N) is 1. The first kappa shape index (κ1) is 8.76. The van der Waals surface area contributed by atoms with Gasteiger partial charge in [-0.15, -0.1) is 0 Å². The standard InChI is InChI=1S/C8H8N2O4/c9-8(10-3-1-2-4-10)13-6(11)5-7(12)14-8/h1-4H,5,9H2. The number of esters is 2. The Morgan fingerprint density at radius 2 is 1.71 bits per heavy atom. The molecule has 0 bridgehead atoms. The second-order valence-electron chi connectivity index (χ2n) is 2.85. The van der Waals surface area contributed by atoms with Gasteiger partial charge < -0.3 is 9.47 Å². The van der Waals surface area contributed by atoms with E-state index in [1.165, 1.54) is 17.0 Å². The van der Waals surface area contributed by atoms with Crippen molar-refractivity contribution in [3.8, 4) is 0 Å². The van der Waals surface area contributed by atoms with Crippen molar-refractivity contribution >= 4 is 11.9 Å². The molecule has 0 atom stereocenters. The first-order valence-electron chi connectivity index (χ1n) is 3.96. The third-order valence-electron chi connectivity index (χ3n) is 1.77. The molecule has 1 aliphatic heterocycles. The number of aromatic nitrogens is 1. The van der Waals surface area contributed by atoms with E-state index in [0.717, 1.165) is 0 Å². The minimum Gasteiger partial charge on any atom is -0.390 e. The van der Waals surface area contributed by atoms with Gasteiger partial charge in [-0.25, -0.2) is 5.73 Å². The largest absolute Gasteiger partial charge is 0.413 e. The highest BCUT2D eigenvalue weighted by Crippen LogP contribution is 2.20. The summed E-state index contributed by atoms with van der Waals surface area (Å²) in [5.41, 5.74) is 5.58. The van der Waals surface area contributed by atoms with Gasteiger partial charge in [-0.2, -0.15) is 0 Å². The molecule has 0 saturated carbocycles. The van der Waals surface area contributed by atoms with E-state index in [1.54, 1.807) is 12.1 Å². The number of carbonyl (C=O) groups excluding carboxylic acids is 2. The molecule has 1 aromatic heterocycles. The van der Waals surface area contributed by atoms with Crippen LogP contribution in [0.4, 0.5) is 0 Å². The molecule has 1 saturated heterocycles. The van der Waals surface area contributed by atoms with E-state index in [4.69, 9.17) is 15.2 Å². The van der Waals surface area contributed by atoms with Crippen molar-refractivity contribution in [3.63, 3.8) is 0 Å². The molecule has 0 spiro atoms. The third kappa shape index (κ3) is 1.35. The summed E-state index contributed by atoms with van der Waals surface area (Å²) >= 11 is 0. The van der Waals surface area contributed by atoms with Gasteiger partial charge in [0.15, 0.2) is 0 Å². The highest BCUT2D eigenvalue weighted by molar-refractivity contribution is 5.92. The summed E-state index contributed by atoms with van der Waals surface area (Å²) in [5.74, 6) is -1.39. The zero-order valence-electron chi connectivity index (χ0n) is 7.17. The van der Waals surface area contributed by atoms with Crippen LogP contribution in [0, 0.1) is 0 Å². The molecule has 2 heterocycles. The van der Waals surface area contributed by atoms with Crippen molar-refractivity contribution in [1.29, 1.82) is 0 Å². The van der Waals surface area contributed by atoms with E-state index in [0.29, 0.717) is 0 Å². The maximum Gasteiger partial charge on any atom is 0.413 e. The van der Waals surface area contributed by atoms with Crippen LogP contribution in [0.2, 0.25) is 0 Å². The van der Waals surface area contributed by atoms with Crippen LogP contribution in [0.25, 0.3) is 0 Å². The van der Waals surface area contributed by atoms with Crippen LogP contribution in [0.15, 0.2) is 24.5 Å². The topological polar surface area (TPSA) is 83.5 Å². The van der Waals surface area contributed by atoms with Crippen LogP contribution < -0.4 is 5.73 Å². The molecule has 14 heavy (non-hydrogen) atoms. The van der Waals surface area contributed by atoms with Gasteiger partial charge in [0.05, 0.1) is 0 Å². The number of nitrogens with zero attached hydrogens (tertiary/aromatic N) is 1. The maximum atomic E-state index is 11.0. The molecule has 1 aromatic rings. The summed E-state index contributed by atoms with van der Waals surface area (Å²) in [6, 6.07) is 1.51. The molecule has 0 aliphatic carbocycles. The van der Waals surface area contributed by atoms with E-state index >= 15 is 0 Å². The number of cyclic esters (lactones) is 2. The normalized spacial score (nSPS) is 20.1. The number of ether oxygens (including phenoxy) is 2. The molecule has 2 N–H and O–H groups in total. The van der Waals surface area contributed by atoms with Gasteiger partial charge >= 0.3 is 18.0 Å². The summed E-state index contributed by atoms with van der Waals surface area (Å²) in [5, 5.41) is 0. The molecule has 2 rings (SSSR count). The Balaban J connectivity index is 2.31. The molecule has 0 amide bonds. The Hall–Kier alpha value is -1.82. The average Bonchev–Trinajstić information content (AvgIpc) is 2.52. The van der Waals surface area contributed by atoms with Gasteiger partial charge in [0, 0.05) is 12.4 Å². The van der Waals surface area contributed by atoms with Crippen molar-refractivity contribution in [3.05, 3.63) is 24.5 Å². The van der Waals surface area contributed by atoms with E-state index in [1.807, 2.05) is 0 Å². The zero-order chi connectivity index (χ0) is 10.2. The monoisotopic (exact) mass is 196 g/mol. The molecule has 1 fully saturated rings. The van der Waals surface area contributed by atoms with E-state index in [2.05, 4.69) is 0 Å². The number of carbonyl (C=O) groups is 2. The molecular weight excluding hydrogens is 188 g/mol. The summed E-state index contributed by atoms with van der Waals surface area (Å²) < 4.78 is 10.8. The van der Waals surface area contributed by atoms with Crippen LogP contribution in [0.3, 0.4) is 0 Å². The second kappa shape index (κ2) is 2.85. The number of hydrogen-bond donors (Lipinski definition) is 1. The van der Waals surface area contributed by atoms with Crippen molar-refractivity contribution in [2.24, 2.45) is 5.73 Å². The lowest BCUT2D eigenvalue weighted by molar-refractivity contribution is -0.278. The summed E-state index contributed by atoms with van der Waals surface area (Å²) in [4.78, 5) is 21.9. The summed E-state index contributed by atoms with van der Waals surface area (Å²) in [7, 11) is 0. The van der Waals surface area contributed by atoms with Crippen molar-refractivity contribution in [1.82, 2.24) is 4.57 Å². The summed E-state index contributed by atoms with van der Waals surface area (Å²) in [6.45, 7) is 0. The fourth-order valence-corrected chi connectivity index (χ4v) is 1.18. The first-order valence-corrected chi connectivity index (χ1v) is 3.96. The number of hydrogen-bond acceptors (Lipinski definition) is 5. The average molecular weight is 196 g/mol. The van der Waals surface area contributed by atoms with Crippen LogP contribution >= 0.6 is 0 Å². The first-order chi connectivity index (χ1) is 6.60. The predicted octanol–water partition coefficient (Wildman–Crippen LogP) is -0.495. The van der Waals surface area contributed by atoms with Crippen molar-refractivity contribution in [2.75, 3.05) is 0 Å². The Morgan fingerprint density at radius 1 is 1.21 bits per heavy atom. The van der Waals surface area contributed by atoms with Gasteiger partial charge in [-0.05, 0) is 12.1 Å². The molecule has 6 heteroatoms. The van der Waals surface area contributed by atoms with Gasteiger partial charge in [-0.1, -0.05) is 0 Å². The SMILES string of the molecule is NC1(n2cccc2)OC(=O)CC(=O)O1. The lowest BCUT2D eigenvalue weighted by atomic mass is 10.4. The van der Waals surface area contributed by atoms with Crippen LogP contribution in [-0.2, 0) is 25.1 Å². The highest BCUT2D eigenvalue weighted by Gasteiger charge is 2.41. The van der Waals surface area contributed by atoms with E-state index < -0.39 is 24.4 Å². The van der Waals surface area contributed by atoms with Crippen LogP contribution in [0.1, 0.15) is 6.42 Å².